The van der Waals surface area contributed by atoms with E-state index in [2.05, 4.69) is 191 Å². The molecule has 0 atom stereocenters. The molecule has 13 aromatic rings. The summed E-state index contributed by atoms with van der Waals surface area (Å²) in [5.41, 5.74) is 12.7. The van der Waals surface area contributed by atoms with Crippen molar-refractivity contribution in [1.29, 1.82) is 0 Å². The first kappa shape index (κ1) is 32.9. The fraction of sp³-hybridized carbons (Fsp3) is 0. The Labute approximate surface area is 344 Å². The van der Waals surface area contributed by atoms with Crippen LogP contribution >= 0.6 is 0 Å². The maximum absolute atomic E-state index is 5.25. The molecule has 10 aromatic carbocycles. The molecule has 0 aliphatic rings. The van der Waals surface area contributed by atoms with Crippen molar-refractivity contribution in [2.75, 3.05) is 0 Å². The van der Waals surface area contributed by atoms with Crippen molar-refractivity contribution < 1.29 is 0 Å². The summed E-state index contributed by atoms with van der Waals surface area (Å²) >= 11 is 0. The quantitative estimate of drug-likeness (QED) is 0.179. The van der Waals surface area contributed by atoms with Crippen molar-refractivity contribution in [3.05, 3.63) is 206 Å². The molecule has 0 N–H and O–H groups in total. The van der Waals surface area contributed by atoms with Gasteiger partial charge in [0.05, 0.1) is 44.5 Å². The monoisotopic (exact) mass is 762 g/mol. The van der Waals surface area contributed by atoms with Gasteiger partial charge < -0.3 is 9.13 Å². The number of aromatic nitrogens is 4. The van der Waals surface area contributed by atoms with Crippen LogP contribution in [0.25, 0.3) is 121 Å². The van der Waals surface area contributed by atoms with E-state index in [0.29, 0.717) is 0 Å². The molecule has 0 saturated heterocycles. The second-order valence-electron chi connectivity index (χ2n) is 15.8. The standard InChI is InChI=1S/C56H34N4/c1-2-12-36-29-41(23-21-35(36)11-1)55-56(58-50-18-8-7-17-49(50)57-55)42-24-22-40-31-43(26-25-39(40)30-42)60-53-28-27-44(34-48(53)47-32-37-13-3-4-14-38(37)33-54(47)60)59-51-19-9-5-15-45(51)46-16-6-10-20-52(46)59/h1-34H. The Morgan fingerprint density at radius 2 is 0.700 bits per heavy atom. The van der Waals surface area contributed by atoms with E-state index in [4.69, 9.17) is 9.97 Å². The van der Waals surface area contributed by atoms with E-state index in [0.717, 1.165) is 55.7 Å². The molecule has 0 spiro atoms. The molecule has 0 saturated carbocycles. The van der Waals surface area contributed by atoms with Gasteiger partial charge in [-0.2, -0.15) is 0 Å². The highest BCUT2D eigenvalue weighted by molar-refractivity contribution is 6.15. The van der Waals surface area contributed by atoms with Crippen molar-refractivity contribution in [2.24, 2.45) is 0 Å². The van der Waals surface area contributed by atoms with E-state index >= 15 is 0 Å². The zero-order valence-corrected chi connectivity index (χ0v) is 32.4. The van der Waals surface area contributed by atoms with Crippen LogP contribution in [0.4, 0.5) is 0 Å². The zero-order chi connectivity index (χ0) is 39.3. The highest BCUT2D eigenvalue weighted by Gasteiger charge is 2.19. The van der Waals surface area contributed by atoms with E-state index in [-0.39, 0.29) is 0 Å². The van der Waals surface area contributed by atoms with Gasteiger partial charge in [-0.3, -0.25) is 0 Å². The Bertz CT molecular complexity index is 3850. The first-order valence-electron chi connectivity index (χ1n) is 20.5. The van der Waals surface area contributed by atoms with Gasteiger partial charge in [0.2, 0.25) is 0 Å². The third-order valence-corrected chi connectivity index (χ3v) is 12.4. The highest BCUT2D eigenvalue weighted by Crippen LogP contribution is 2.40. The summed E-state index contributed by atoms with van der Waals surface area (Å²) in [4.78, 5) is 10.5. The lowest BCUT2D eigenvalue weighted by molar-refractivity contribution is 1.17. The molecular weight excluding hydrogens is 729 g/mol. The molecule has 13 rings (SSSR count). The summed E-state index contributed by atoms with van der Waals surface area (Å²) in [5, 5.41) is 12.1. The SMILES string of the molecule is c1ccc2cc(-c3nc4ccccc4nc3-c3ccc4cc(-n5c6ccc(-n7c8ccccc8c8ccccc87)cc6c6cc7ccccc7cc65)ccc4c3)ccc2c1. The summed E-state index contributed by atoms with van der Waals surface area (Å²) in [6.07, 6.45) is 0. The predicted molar refractivity (Wildman–Crippen MR) is 252 cm³/mol. The maximum atomic E-state index is 5.25. The molecule has 3 heterocycles. The fourth-order valence-corrected chi connectivity index (χ4v) is 9.57. The van der Waals surface area contributed by atoms with Crippen molar-refractivity contribution in [3.8, 4) is 33.9 Å². The third kappa shape index (κ3) is 4.98. The maximum Gasteiger partial charge on any atom is 0.0973 e. The van der Waals surface area contributed by atoms with Crippen LogP contribution in [0, 0.1) is 0 Å². The molecule has 0 bridgehead atoms. The minimum absolute atomic E-state index is 0.878. The molecule has 0 unspecified atom stereocenters. The number of nitrogens with zero attached hydrogens (tertiary/aromatic N) is 4. The van der Waals surface area contributed by atoms with Gasteiger partial charge >= 0.3 is 0 Å². The number of para-hydroxylation sites is 4. The molecule has 278 valence electrons. The molecule has 4 nitrogen and oxygen atoms in total. The van der Waals surface area contributed by atoms with Gasteiger partial charge in [-0.15, -0.1) is 0 Å². The highest BCUT2D eigenvalue weighted by atomic mass is 15.0. The smallest absolute Gasteiger partial charge is 0.0973 e. The Kier molecular flexibility index (Phi) is 6.98. The number of hydrogen-bond acceptors (Lipinski definition) is 2. The largest absolute Gasteiger partial charge is 0.309 e. The molecule has 0 aliphatic carbocycles. The Balaban J connectivity index is 0.988. The van der Waals surface area contributed by atoms with Crippen molar-refractivity contribution >= 4 is 87.0 Å². The Hall–Kier alpha value is -8.08. The fourth-order valence-electron chi connectivity index (χ4n) is 9.57. The van der Waals surface area contributed by atoms with E-state index < -0.39 is 0 Å². The van der Waals surface area contributed by atoms with Crippen LogP contribution in [0.5, 0.6) is 0 Å². The molecule has 0 fully saturated rings. The topological polar surface area (TPSA) is 35.6 Å². The molecule has 0 radical (unpaired) electrons. The van der Waals surface area contributed by atoms with Crippen LogP contribution in [0.2, 0.25) is 0 Å². The van der Waals surface area contributed by atoms with Gasteiger partial charge in [-0.05, 0) is 111 Å². The van der Waals surface area contributed by atoms with Gasteiger partial charge in [0.1, 0.15) is 0 Å². The number of hydrogen-bond donors (Lipinski definition) is 0. The average Bonchev–Trinajstić information content (AvgIpc) is 3.81. The summed E-state index contributed by atoms with van der Waals surface area (Å²) in [6, 6.07) is 74.5. The number of benzene rings is 10. The van der Waals surface area contributed by atoms with Crippen LogP contribution < -0.4 is 0 Å². The lowest BCUT2D eigenvalue weighted by Gasteiger charge is -2.13. The van der Waals surface area contributed by atoms with Crippen LogP contribution in [0.15, 0.2) is 206 Å². The van der Waals surface area contributed by atoms with Gasteiger partial charge in [0, 0.05) is 44.0 Å². The Morgan fingerprint density at radius 3 is 1.38 bits per heavy atom. The second-order valence-corrected chi connectivity index (χ2v) is 15.8. The average molecular weight is 763 g/mol. The molecule has 0 amide bonds. The lowest BCUT2D eigenvalue weighted by atomic mass is 9.98. The zero-order valence-electron chi connectivity index (χ0n) is 32.4. The minimum Gasteiger partial charge on any atom is -0.309 e. The normalized spacial score (nSPS) is 12.0. The Morgan fingerprint density at radius 1 is 0.267 bits per heavy atom. The van der Waals surface area contributed by atoms with E-state index in [9.17, 15) is 0 Å². The van der Waals surface area contributed by atoms with Crippen LogP contribution in [0.3, 0.4) is 0 Å². The molecule has 60 heavy (non-hydrogen) atoms. The van der Waals surface area contributed by atoms with Gasteiger partial charge in [0.15, 0.2) is 0 Å². The lowest BCUT2D eigenvalue weighted by Crippen LogP contribution is -1.97. The summed E-state index contributed by atoms with van der Waals surface area (Å²) in [6.45, 7) is 0. The van der Waals surface area contributed by atoms with Gasteiger partial charge in [-0.1, -0.05) is 127 Å². The van der Waals surface area contributed by atoms with E-state index in [1.54, 1.807) is 0 Å². The van der Waals surface area contributed by atoms with E-state index in [1.165, 1.54) is 65.2 Å². The summed E-state index contributed by atoms with van der Waals surface area (Å²) < 4.78 is 4.85. The van der Waals surface area contributed by atoms with Crippen molar-refractivity contribution in [1.82, 2.24) is 19.1 Å². The van der Waals surface area contributed by atoms with E-state index in [1.807, 2.05) is 24.3 Å². The van der Waals surface area contributed by atoms with Crippen molar-refractivity contribution in [2.45, 2.75) is 0 Å². The van der Waals surface area contributed by atoms with Crippen LogP contribution in [0.1, 0.15) is 0 Å². The number of rotatable bonds is 4. The molecule has 4 heteroatoms. The number of fused-ring (bicyclic) bond motifs is 10. The van der Waals surface area contributed by atoms with Crippen LogP contribution in [-0.4, -0.2) is 19.1 Å². The molecular formula is C56H34N4. The van der Waals surface area contributed by atoms with Crippen LogP contribution in [-0.2, 0) is 0 Å². The van der Waals surface area contributed by atoms with Crippen molar-refractivity contribution in [3.63, 3.8) is 0 Å². The molecule has 3 aromatic heterocycles. The first-order valence-corrected chi connectivity index (χ1v) is 20.5. The summed E-state index contributed by atoms with van der Waals surface area (Å²) in [5.74, 6) is 0. The van der Waals surface area contributed by atoms with Gasteiger partial charge in [0.25, 0.3) is 0 Å². The first-order chi connectivity index (χ1) is 29.7. The minimum atomic E-state index is 0.878. The third-order valence-electron chi connectivity index (χ3n) is 12.4. The summed E-state index contributed by atoms with van der Waals surface area (Å²) in [7, 11) is 0. The van der Waals surface area contributed by atoms with Gasteiger partial charge in [-0.25, -0.2) is 9.97 Å². The second kappa shape index (κ2) is 12.7. The molecule has 0 aliphatic heterocycles. The predicted octanol–water partition coefficient (Wildman–Crippen LogP) is 14.6.